The monoisotopic (exact) mass is 392 g/mol. The normalized spacial score (nSPS) is 16.5. The van der Waals surface area contributed by atoms with Crippen LogP contribution in [-0.4, -0.2) is 50.6 Å². The average molecular weight is 392 g/mol. The minimum Gasteiger partial charge on any atom is -0.496 e. The van der Waals surface area contributed by atoms with Crippen LogP contribution in [-0.2, 0) is 20.7 Å². The SMILES string of the molecule is COCCN1C(=O)C(c2ccccc2OC)=C(N2CCCc3ccccc32)C1=O. The van der Waals surface area contributed by atoms with Crippen LogP contribution < -0.4 is 9.64 Å². The molecule has 0 fully saturated rings. The fourth-order valence-electron chi connectivity index (χ4n) is 4.06. The Bertz CT molecular complexity index is 982. The van der Waals surface area contributed by atoms with Crippen molar-refractivity contribution in [3.8, 4) is 5.75 Å². The zero-order chi connectivity index (χ0) is 20.4. The Morgan fingerprint density at radius 1 is 0.966 bits per heavy atom. The molecule has 29 heavy (non-hydrogen) atoms. The number of anilines is 1. The lowest BCUT2D eigenvalue weighted by Crippen LogP contribution is -2.38. The van der Waals surface area contributed by atoms with E-state index in [2.05, 4.69) is 6.07 Å². The topological polar surface area (TPSA) is 59.1 Å². The summed E-state index contributed by atoms with van der Waals surface area (Å²) >= 11 is 0. The summed E-state index contributed by atoms with van der Waals surface area (Å²) < 4.78 is 10.6. The molecule has 0 bridgehead atoms. The van der Waals surface area contributed by atoms with Gasteiger partial charge >= 0.3 is 0 Å². The summed E-state index contributed by atoms with van der Waals surface area (Å²) in [5.74, 6) is -0.0284. The number of aryl methyl sites for hydroxylation is 1. The van der Waals surface area contributed by atoms with E-state index < -0.39 is 0 Å². The molecule has 6 nitrogen and oxygen atoms in total. The number of methoxy groups -OCH3 is 2. The molecule has 6 heteroatoms. The highest BCUT2D eigenvalue weighted by molar-refractivity contribution is 6.37. The van der Waals surface area contributed by atoms with E-state index in [-0.39, 0.29) is 18.4 Å². The Morgan fingerprint density at radius 2 is 1.72 bits per heavy atom. The maximum atomic E-state index is 13.4. The van der Waals surface area contributed by atoms with Crippen LogP contribution in [0.3, 0.4) is 0 Å². The third kappa shape index (κ3) is 3.29. The molecule has 2 heterocycles. The molecule has 0 saturated heterocycles. The molecule has 0 atom stereocenters. The van der Waals surface area contributed by atoms with Crippen LogP contribution in [0.2, 0.25) is 0 Å². The predicted molar refractivity (Wildman–Crippen MR) is 111 cm³/mol. The van der Waals surface area contributed by atoms with Gasteiger partial charge in [-0.05, 0) is 30.5 Å². The summed E-state index contributed by atoms with van der Waals surface area (Å²) in [5.41, 5.74) is 3.60. The van der Waals surface area contributed by atoms with E-state index in [4.69, 9.17) is 9.47 Å². The molecule has 0 radical (unpaired) electrons. The molecular weight excluding hydrogens is 368 g/mol. The van der Waals surface area contributed by atoms with Crippen molar-refractivity contribution >= 4 is 23.1 Å². The fraction of sp³-hybridized carbons (Fsp3) is 0.304. The van der Waals surface area contributed by atoms with Crippen molar-refractivity contribution < 1.29 is 19.1 Å². The number of benzene rings is 2. The molecule has 0 spiro atoms. The Morgan fingerprint density at radius 3 is 2.52 bits per heavy atom. The molecule has 150 valence electrons. The minimum atomic E-state index is -0.311. The van der Waals surface area contributed by atoms with Gasteiger partial charge in [0.2, 0.25) is 0 Å². The highest BCUT2D eigenvalue weighted by Crippen LogP contribution is 2.40. The summed E-state index contributed by atoms with van der Waals surface area (Å²) in [7, 11) is 3.13. The Hall–Kier alpha value is -3.12. The summed E-state index contributed by atoms with van der Waals surface area (Å²) in [5, 5.41) is 0. The molecule has 0 aromatic heterocycles. The van der Waals surface area contributed by atoms with Gasteiger partial charge in [0.25, 0.3) is 11.8 Å². The van der Waals surface area contributed by atoms with Gasteiger partial charge in [0.15, 0.2) is 0 Å². The molecule has 4 rings (SSSR count). The van der Waals surface area contributed by atoms with Crippen LogP contribution in [0, 0.1) is 0 Å². The van der Waals surface area contributed by atoms with Crippen molar-refractivity contribution in [3.05, 3.63) is 65.4 Å². The number of hydrogen-bond donors (Lipinski definition) is 0. The lowest BCUT2D eigenvalue weighted by molar-refractivity contribution is -0.137. The zero-order valence-corrected chi connectivity index (χ0v) is 16.7. The van der Waals surface area contributed by atoms with Crippen LogP contribution in [0.15, 0.2) is 54.2 Å². The number of fused-ring (bicyclic) bond motifs is 1. The number of ether oxygens (including phenoxy) is 2. The first-order chi connectivity index (χ1) is 14.2. The first-order valence-electron chi connectivity index (χ1n) is 9.75. The van der Waals surface area contributed by atoms with E-state index in [1.54, 1.807) is 20.3 Å². The van der Waals surface area contributed by atoms with E-state index in [9.17, 15) is 9.59 Å². The minimum absolute atomic E-state index is 0.214. The van der Waals surface area contributed by atoms with Crippen LogP contribution in [0.1, 0.15) is 17.5 Å². The van der Waals surface area contributed by atoms with Gasteiger partial charge in [0.1, 0.15) is 11.4 Å². The molecule has 2 amide bonds. The van der Waals surface area contributed by atoms with Crippen molar-refractivity contribution in [2.24, 2.45) is 0 Å². The predicted octanol–water partition coefficient (Wildman–Crippen LogP) is 2.87. The second kappa shape index (κ2) is 8.09. The van der Waals surface area contributed by atoms with Gasteiger partial charge in [-0.15, -0.1) is 0 Å². The van der Waals surface area contributed by atoms with E-state index in [1.165, 1.54) is 10.5 Å². The standard InChI is InChI=1S/C23H24N2O4/c1-28-15-14-25-22(26)20(17-10-4-6-12-19(17)29-2)21(23(25)27)24-13-7-9-16-8-3-5-11-18(16)24/h3-6,8,10-12H,7,9,13-15H2,1-2H3. The number of carbonyl (C=O) groups is 2. The third-order valence-electron chi connectivity index (χ3n) is 5.42. The van der Waals surface area contributed by atoms with Crippen molar-refractivity contribution in [1.82, 2.24) is 4.90 Å². The quantitative estimate of drug-likeness (QED) is 0.708. The summed E-state index contributed by atoms with van der Waals surface area (Å²) in [4.78, 5) is 30.1. The highest BCUT2D eigenvalue weighted by atomic mass is 16.5. The number of rotatable bonds is 6. The van der Waals surface area contributed by atoms with Gasteiger partial charge in [0, 0.05) is 24.9 Å². The molecular formula is C23H24N2O4. The second-order valence-electron chi connectivity index (χ2n) is 7.06. The number of carbonyl (C=O) groups excluding carboxylic acids is 2. The largest absolute Gasteiger partial charge is 0.496 e. The van der Waals surface area contributed by atoms with Gasteiger partial charge in [-0.25, -0.2) is 0 Å². The first-order valence-corrected chi connectivity index (χ1v) is 9.75. The van der Waals surface area contributed by atoms with E-state index in [1.807, 2.05) is 41.3 Å². The molecule has 2 aromatic rings. The molecule has 0 unspecified atom stereocenters. The molecule has 0 N–H and O–H groups in total. The fourth-order valence-corrected chi connectivity index (χ4v) is 4.06. The van der Waals surface area contributed by atoms with Crippen molar-refractivity contribution in [2.45, 2.75) is 12.8 Å². The Kier molecular flexibility index (Phi) is 5.36. The van der Waals surface area contributed by atoms with Gasteiger partial charge in [-0.1, -0.05) is 36.4 Å². The van der Waals surface area contributed by atoms with Gasteiger partial charge < -0.3 is 14.4 Å². The van der Waals surface area contributed by atoms with Gasteiger partial charge in [-0.2, -0.15) is 0 Å². The van der Waals surface area contributed by atoms with Crippen molar-refractivity contribution in [1.29, 1.82) is 0 Å². The zero-order valence-electron chi connectivity index (χ0n) is 16.7. The smallest absolute Gasteiger partial charge is 0.278 e. The summed E-state index contributed by atoms with van der Waals surface area (Å²) in [6.45, 7) is 1.19. The van der Waals surface area contributed by atoms with Crippen LogP contribution in [0.5, 0.6) is 5.75 Å². The molecule has 0 aliphatic carbocycles. The lowest BCUT2D eigenvalue weighted by atomic mass is 9.98. The molecule has 0 saturated carbocycles. The van der Waals surface area contributed by atoms with E-state index >= 15 is 0 Å². The maximum absolute atomic E-state index is 13.4. The third-order valence-corrected chi connectivity index (χ3v) is 5.42. The lowest BCUT2D eigenvalue weighted by Gasteiger charge is -2.32. The van der Waals surface area contributed by atoms with E-state index in [0.717, 1.165) is 18.5 Å². The number of para-hydroxylation sites is 2. The maximum Gasteiger partial charge on any atom is 0.278 e. The van der Waals surface area contributed by atoms with Crippen LogP contribution in [0.4, 0.5) is 5.69 Å². The summed E-state index contributed by atoms with van der Waals surface area (Å²) in [6.07, 6.45) is 1.87. The van der Waals surface area contributed by atoms with E-state index in [0.29, 0.717) is 35.7 Å². The van der Waals surface area contributed by atoms with Crippen LogP contribution in [0.25, 0.3) is 5.57 Å². The number of nitrogens with zero attached hydrogens (tertiary/aromatic N) is 2. The van der Waals surface area contributed by atoms with Crippen LogP contribution >= 0.6 is 0 Å². The van der Waals surface area contributed by atoms with Gasteiger partial charge in [-0.3, -0.25) is 14.5 Å². The number of imide groups is 1. The van der Waals surface area contributed by atoms with Crippen molar-refractivity contribution in [2.75, 3.05) is 38.8 Å². The first kappa shape index (κ1) is 19.2. The number of amides is 2. The van der Waals surface area contributed by atoms with Gasteiger partial charge in [0.05, 0.1) is 25.8 Å². The summed E-state index contributed by atoms with van der Waals surface area (Å²) in [6, 6.07) is 15.4. The molecule has 2 aliphatic heterocycles. The Labute approximate surface area is 170 Å². The molecule has 2 aromatic carbocycles. The average Bonchev–Trinajstić information content (AvgIpc) is 3.01. The Balaban J connectivity index is 1.89. The van der Waals surface area contributed by atoms with Crippen molar-refractivity contribution in [3.63, 3.8) is 0 Å². The molecule has 2 aliphatic rings. The highest BCUT2D eigenvalue weighted by Gasteiger charge is 2.43. The number of hydrogen-bond acceptors (Lipinski definition) is 5. The second-order valence-corrected chi connectivity index (χ2v) is 7.06.